The van der Waals surface area contributed by atoms with Crippen molar-refractivity contribution < 1.29 is 14.6 Å². The lowest BCUT2D eigenvalue weighted by atomic mass is 10.1. The van der Waals surface area contributed by atoms with Crippen LogP contribution in [0.15, 0.2) is 67.0 Å². The Morgan fingerprint density at radius 1 is 1.12 bits per heavy atom. The zero-order valence-electron chi connectivity index (χ0n) is 14.3. The number of aliphatic carboxylic acids is 1. The summed E-state index contributed by atoms with van der Waals surface area (Å²) in [4.78, 5) is 19.2. The number of rotatable bonds is 7. The van der Waals surface area contributed by atoms with Crippen LogP contribution in [0.5, 0.6) is 5.75 Å². The average molecular weight is 349 g/mol. The van der Waals surface area contributed by atoms with Gasteiger partial charge in [-0.15, -0.1) is 0 Å². The second kappa shape index (κ2) is 8.11. The molecule has 0 aliphatic heterocycles. The zero-order valence-corrected chi connectivity index (χ0v) is 14.3. The molecule has 6 nitrogen and oxygen atoms in total. The number of carboxylic acids is 1. The number of hydrogen-bond donors (Lipinski definition) is 2. The molecule has 2 aromatic carbocycles. The molecular formula is C20H19N3O3. The first kappa shape index (κ1) is 17.4. The lowest BCUT2D eigenvalue weighted by Gasteiger charge is -2.11. The smallest absolute Gasteiger partial charge is 0.325 e. The third-order valence-corrected chi connectivity index (χ3v) is 3.80. The molecule has 2 N–H and O–H groups in total. The van der Waals surface area contributed by atoms with Crippen molar-refractivity contribution in [2.24, 2.45) is 0 Å². The van der Waals surface area contributed by atoms with Crippen LogP contribution >= 0.6 is 0 Å². The van der Waals surface area contributed by atoms with E-state index in [1.54, 1.807) is 13.0 Å². The van der Waals surface area contributed by atoms with Gasteiger partial charge in [0.1, 0.15) is 30.5 Å². The van der Waals surface area contributed by atoms with Crippen LogP contribution in [-0.4, -0.2) is 27.1 Å². The van der Waals surface area contributed by atoms with Crippen LogP contribution in [0, 0.1) is 0 Å². The number of carboxylic acid groups (broad SMARTS) is 1. The fraction of sp³-hybridized carbons (Fsp3) is 0.150. The van der Waals surface area contributed by atoms with Crippen LogP contribution in [0.2, 0.25) is 0 Å². The van der Waals surface area contributed by atoms with Gasteiger partial charge in [-0.25, -0.2) is 9.97 Å². The Hall–Kier alpha value is -3.41. The molecule has 1 atom stereocenters. The highest BCUT2D eigenvalue weighted by atomic mass is 16.5. The fourth-order valence-corrected chi connectivity index (χ4v) is 2.34. The highest BCUT2D eigenvalue weighted by Gasteiger charge is 2.11. The molecule has 26 heavy (non-hydrogen) atoms. The van der Waals surface area contributed by atoms with Crippen molar-refractivity contribution in [1.82, 2.24) is 9.97 Å². The molecule has 132 valence electrons. The number of hydrogen-bond acceptors (Lipinski definition) is 5. The van der Waals surface area contributed by atoms with Crippen molar-refractivity contribution in [1.29, 1.82) is 0 Å². The third kappa shape index (κ3) is 4.57. The van der Waals surface area contributed by atoms with E-state index < -0.39 is 12.0 Å². The Bertz CT molecular complexity index is 867. The van der Waals surface area contributed by atoms with E-state index in [2.05, 4.69) is 15.3 Å². The molecule has 0 spiro atoms. The molecule has 0 saturated carbocycles. The second-order valence-corrected chi connectivity index (χ2v) is 5.79. The van der Waals surface area contributed by atoms with Gasteiger partial charge in [0.15, 0.2) is 0 Å². The number of carbonyl (C=O) groups is 1. The zero-order chi connectivity index (χ0) is 18.4. The van der Waals surface area contributed by atoms with Crippen LogP contribution in [0.4, 0.5) is 5.82 Å². The van der Waals surface area contributed by atoms with Gasteiger partial charge in [-0.3, -0.25) is 4.79 Å². The molecule has 0 fully saturated rings. The van der Waals surface area contributed by atoms with Crippen molar-refractivity contribution in [2.45, 2.75) is 19.6 Å². The third-order valence-electron chi connectivity index (χ3n) is 3.80. The maximum Gasteiger partial charge on any atom is 0.325 e. The number of anilines is 1. The predicted molar refractivity (Wildman–Crippen MR) is 99.0 cm³/mol. The standard InChI is InChI=1S/C20H19N3O3/c1-14(20(24)25)23-19-11-18(21-13-22-19)16-7-9-17(10-8-16)26-12-15-5-3-2-4-6-15/h2-11,13-14H,12H2,1H3,(H,24,25)(H,21,22,23). The monoisotopic (exact) mass is 349 g/mol. The van der Waals surface area contributed by atoms with Gasteiger partial charge in [-0.2, -0.15) is 0 Å². The molecule has 1 heterocycles. The summed E-state index contributed by atoms with van der Waals surface area (Å²) in [5, 5.41) is 11.8. The molecule has 0 aliphatic rings. The number of nitrogens with one attached hydrogen (secondary N) is 1. The Morgan fingerprint density at radius 2 is 1.85 bits per heavy atom. The minimum absolute atomic E-state index is 0.467. The predicted octanol–water partition coefficient (Wildman–Crippen LogP) is 3.61. The SMILES string of the molecule is CC(Nc1cc(-c2ccc(OCc3ccccc3)cc2)ncn1)C(=O)O. The van der Waals surface area contributed by atoms with Gasteiger partial charge in [0, 0.05) is 11.6 Å². The summed E-state index contributed by atoms with van der Waals surface area (Å²) in [5.41, 5.74) is 2.70. The van der Waals surface area contributed by atoms with Crippen molar-refractivity contribution in [2.75, 3.05) is 5.32 Å². The molecule has 0 bridgehead atoms. The van der Waals surface area contributed by atoms with E-state index in [9.17, 15) is 4.79 Å². The van der Waals surface area contributed by atoms with E-state index in [-0.39, 0.29) is 0 Å². The van der Waals surface area contributed by atoms with E-state index in [1.807, 2.05) is 54.6 Å². The van der Waals surface area contributed by atoms with Crippen LogP contribution in [0.25, 0.3) is 11.3 Å². The largest absolute Gasteiger partial charge is 0.489 e. The highest BCUT2D eigenvalue weighted by Crippen LogP contribution is 2.22. The maximum absolute atomic E-state index is 10.9. The van der Waals surface area contributed by atoms with Crippen molar-refractivity contribution in [3.63, 3.8) is 0 Å². The van der Waals surface area contributed by atoms with E-state index in [0.717, 1.165) is 16.9 Å². The van der Waals surface area contributed by atoms with Gasteiger partial charge in [0.2, 0.25) is 0 Å². The second-order valence-electron chi connectivity index (χ2n) is 5.79. The lowest BCUT2D eigenvalue weighted by molar-refractivity contribution is -0.137. The molecule has 0 saturated heterocycles. The summed E-state index contributed by atoms with van der Waals surface area (Å²) in [6.07, 6.45) is 1.41. The van der Waals surface area contributed by atoms with Gasteiger partial charge >= 0.3 is 5.97 Å². The molecule has 0 radical (unpaired) electrons. The quantitative estimate of drug-likeness (QED) is 0.678. The Kier molecular flexibility index (Phi) is 5.43. The Balaban J connectivity index is 1.67. The molecule has 0 amide bonds. The normalized spacial score (nSPS) is 11.6. The summed E-state index contributed by atoms with van der Waals surface area (Å²) in [5.74, 6) is 0.295. The number of ether oxygens (including phenoxy) is 1. The van der Waals surface area contributed by atoms with E-state index in [4.69, 9.17) is 9.84 Å². The first-order valence-electron chi connectivity index (χ1n) is 8.20. The summed E-state index contributed by atoms with van der Waals surface area (Å²) >= 11 is 0. The van der Waals surface area contributed by atoms with Crippen LogP contribution < -0.4 is 10.1 Å². The average Bonchev–Trinajstić information content (AvgIpc) is 2.68. The first-order chi connectivity index (χ1) is 12.6. The topological polar surface area (TPSA) is 84.3 Å². The maximum atomic E-state index is 10.9. The van der Waals surface area contributed by atoms with Gasteiger partial charge in [0.05, 0.1) is 5.69 Å². The lowest BCUT2D eigenvalue weighted by Crippen LogP contribution is -2.25. The summed E-state index contributed by atoms with van der Waals surface area (Å²) in [7, 11) is 0. The summed E-state index contributed by atoms with van der Waals surface area (Å²) in [6, 6.07) is 18.5. The van der Waals surface area contributed by atoms with E-state index >= 15 is 0 Å². The minimum Gasteiger partial charge on any atom is -0.489 e. The summed E-state index contributed by atoms with van der Waals surface area (Å²) < 4.78 is 5.78. The first-order valence-corrected chi connectivity index (χ1v) is 8.20. The van der Waals surface area contributed by atoms with Crippen LogP contribution in [0.3, 0.4) is 0 Å². The minimum atomic E-state index is -0.940. The molecule has 0 aliphatic carbocycles. The fourth-order valence-electron chi connectivity index (χ4n) is 2.34. The Morgan fingerprint density at radius 3 is 2.54 bits per heavy atom. The summed E-state index contributed by atoms with van der Waals surface area (Å²) in [6.45, 7) is 2.07. The van der Waals surface area contributed by atoms with Crippen molar-refractivity contribution in [3.05, 3.63) is 72.6 Å². The number of nitrogens with zero attached hydrogens (tertiary/aromatic N) is 2. The van der Waals surface area contributed by atoms with Gasteiger partial charge in [0.25, 0.3) is 0 Å². The van der Waals surface area contributed by atoms with Crippen molar-refractivity contribution >= 4 is 11.8 Å². The molecule has 1 unspecified atom stereocenters. The van der Waals surface area contributed by atoms with Gasteiger partial charge in [-0.05, 0) is 36.8 Å². The molecule has 1 aromatic heterocycles. The number of benzene rings is 2. The van der Waals surface area contributed by atoms with Gasteiger partial charge < -0.3 is 15.2 Å². The van der Waals surface area contributed by atoms with E-state index in [0.29, 0.717) is 18.1 Å². The molecular weight excluding hydrogens is 330 g/mol. The van der Waals surface area contributed by atoms with Crippen LogP contribution in [0.1, 0.15) is 12.5 Å². The highest BCUT2D eigenvalue weighted by molar-refractivity contribution is 5.76. The number of aromatic nitrogens is 2. The molecule has 6 heteroatoms. The van der Waals surface area contributed by atoms with Crippen LogP contribution in [-0.2, 0) is 11.4 Å². The molecule has 3 rings (SSSR count). The van der Waals surface area contributed by atoms with E-state index in [1.165, 1.54) is 6.33 Å². The van der Waals surface area contributed by atoms with Gasteiger partial charge in [-0.1, -0.05) is 30.3 Å². The van der Waals surface area contributed by atoms with Crippen molar-refractivity contribution in [3.8, 4) is 17.0 Å². The Labute approximate surface area is 151 Å². The molecule has 3 aromatic rings.